The second-order valence-electron chi connectivity index (χ2n) is 6.76. The quantitative estimate of drug-likeness (QED) is 0.731. The van der Waals surface area contributed by atoms with Crippen molar-refractivity contribution in [1.29, 1.82) is 0 Å². The van der Waals surface area contributed by atoms with Crippen molar-refractivity contribution in [2.75, 3.05) is 13.2 Å². The standard InChI is InChI=1S/C21H20N2O4/c1-13-2-4-18-16(8-13)20(25)17(10-22-18)21(26)23-6-7-27-19-5-3-14(12-24)9-15(19)11-23/h2-5,8-10,24H,6-7,11-12H2,1H3,(H,22,25). The Kier molecular flexibility index (Phi) is 4.41. The van der Waals surface area contributed by atoms with Crippen LogP contribution in [0.5, 0.6) is 5.75 Å². The number of aryl methyl sites for hydroxylation is 1. The Morgan fingerprint density at radius 2 is 2.11 bits per heavy atom. The number of carbonyl (C=O) groups excluding carboxylic acids is 1. The number of H-pyrrole nitrogens is 1. The van der Waals surface area contributed by atoms with Crippen molar-refractivity contribution < 1.29 is 14.6 Å². The van der Waals surface area contributed by atoms with E-state index >= 15 is 0 Å². The molecule has 4 rings (SSSR count). The number of nitrogens with one attached hydrogen (secondary N) is 1. The Morgan fingerprint density at radius 1 is 1.26 bits per heavy atom. The molecule has 2 N–H and O–H groups in total. The summed E-state index contributed by atoms with van der Waals surface area (Å²) in [5, 5.41) is 9.86. The highest BCUT2D eigenvalue weighted by Gasteiger charge is 2.24. The molecule has 0 radical (unpaired) electrons. The maximum absolute atomic E-state index is 13.1. The van der Waals surface area contributed by atoms with E-state index in [1.807, 2.05) is 25.1 Å². The van der Waals surface area contributed by atoms with Crippen molar-refractivity contribution in [1.82, 2.24) is 9.88 Å². The number of aromatic nitrogens is 1. The van der Waals surface area contributed by atoms with Crippen LogP contribution in [0.4, 0.5) is 0 Å². The first kappa shape index (κ1) is 17.3. The van der Waals surface area contributed by atoms with E-state index in [0.717, 1.165) is 16.7 Å². The second kappa shape index (κ2) is 6.89. The van der Waals surface area contributed by atoms with E-state index in [1.54, 1.807) is 23.1 Å². The lowest BCUT2D eigenvalue weighted by Crippen LogP contribution is -2.35. The van der Waals surface area contributed by atoms with Crippen LogP contribution < -0.4 is 10.2 Å². The number of pyridine rings is 1. The van der Waals surface area contributed by atoms with Gasteiger partial charge in [-0.25, -0.2) is 0 Å². The lowest BCUT2D eigenvalue weighted by atomic mass is 10.1. The number of nitrogens with zero attached hydrogens (tertiary/aromatic N) is 1. The molecule has 27 heavy (non-hydrogen) atoms. The highest BCUT2D eigenvalue weighted by molar-refractivity contribution is 5.97. The summed E-state index contributed by atoms with van der Waals surface area (Å²) in [4.78, 5) is 30.6. The molecule has 0 saturated heterocycles. The molecule has 0 spiro atoms. The maximum atomic E-state index is 13.1. The molecule has 0 saturated carbocycles. The fraction of sp³-hybridized carbons (Fsp3) is 0.238. The molecule has 1 aliphatic rings. The molecule has 2 aromatic carbocycles. The molecule has 138 valence electrons. The predicted molar refractivity (Wildman–Crippen MR) is 102 cm³/mol. The molecule has 3 aromatic rings. The summed E-state index contributed by atoms with van der Waals surface area (Å²) < 4.78 is 5.72. The zero-order valence-electron chi connectivity index (χ0n) is 15.0. The number of aliphatic hydroxyl groups excluding tert-OH is 1. The van der Waals surface area contributed by atoms with Crippen LogP contribution in [0.15, 0.2) is 47.4 Å². The fourth-order valence-electron chi connectivity index (χ4n) is 3.38. The van der Waals surface area contributed by atoms with E-state index in [-0.39, 0.29) is 23.5 Å². The first-order valence-electron chi connectivity index (χ1n) is 8.83. The summed E-state index contributed by atoms with van der Waals surface area (Å²) in [6.07, 6.45) is 1.49. The number of rotatable bonds is 2. The molecule has 6 heteroatoms. The molecule has 0 fully saturated rings. The first-order chi connectivity index (χ1) is 13.1. The van der Waals surface area contributed by atoms with Crippen molar-refractivity contribution in [3.05, 3.63) is 75.1 Å². The summed E-state index contributed by atoms with van der Waals surface area (Å²) in [6, 6.07) is 11.0. The minimum absolute atomic E-state index is 0.0785. The number of ether oxygens (including phenoxy) is 1. The van der Waals surface area contributed by atoms with Gasteiger partial charge in [-0.3, -0.25) is 9.59 Å². The summed E-state index contributed by atoms with van der Waals surface area (Å²) >= 11 is 0. The van der Waals surface area contributed by atoms with Gasteiger partial charge in [0.1, 0.15) is 17.9 Å². The normalized spacial score (nSPS) is 13.8. The van der Waals surface area contributed by atoms with E-state index in [1.165, 1.54) is 6.20 Å². The molecule has 0 atom stereocenters. The minimum Gasteiger partial charge on any atom is -0.491 e. The SMILES string of the molecule is Cc1ccc2[nH]cc(C(=O)N3CCOc4ccc(CO)cc4C3)c(=O)c2c1. The number of fused-ring (bicyclic) bond motifs is 2. The second-order valence-corrected chi connectivity index (χ2v) is 6.76. The maximum Gasteiger partial charge on any atom is 0.259 e. The summed E-state index contributed by atoms with van der Waals surface area (Å²) in [5.41, 5.74) is 3.10. The van der Waals surface area contributed by atoms with Gasteiger partial charge in [-0.1, -0.05) is 17.7 Å². The van der Waals surface area contributed by atoms with E-state index in [9.17, 15) is 14.7 Å². The minimum atomic E-state index is -0.328. The molecule has 1 amide bonds. The Bertz CT molecular complexity index is 1090. The van der Waals surface area contributed by atoms with Crippen molar-refractivity contribution in [2.24, 2.45) is 0 Å². The number of hydrogen-bond acceptors (Lipinski definition) is 4. The molecule has 0 unspecified atom stereocenters. The third-order valence-corrected chi connectivity index (χ3v) is 4.84. The molecule has 0 bridgehead atoms. The van der Waals surface area contributed by atoms with Gasteiger partial charge in [0.05, 0.1) is 13.2 Å². The summed E-state index contributed by atoms with van der Waals surface area (Å²) in [7, 11) is 0. The smallest absolute Gasteiger partial charge is 0.259 e. The zero-order chi connectivity index (χ0) is 19.0. The summed E-state index contributed by atoms with van der Waals surface area (Å²) in [6.45, 7) is 2.89. The van der Waals surface area contributed by atoms with Crippen LogP contribution in [0.2, 0.25) is 0 Å². The van der Waals surface area contributed by atoms with Gasteiger partial charge in [-0.2, -0.15) is 0 Å². The van der Waals surface area contributed by atoms with Crippen LogP contribution in [0.25, 0.3) is 10.9 Å². The van der Waals surface area contributed by atoms with Gasteiger partial charge in [0.2, 0.25) is 5.43 Å². The van der Waals surface area contributed by atoms with Crippen LogP contribution in [-0.4, -0.2) is 34.0 Å². The Morgan fingerprint density at radius 3 is 2.93 bits per heavy atom. The van der Waals surface area contributed by atoms with E-state index in [2.05, 4.69) is 4.98 Å². The highest BCUT2D eigenvalue weighted by Crippen LogP contribution is 2.25. The molecule has 1 aliphatic heterocycles. The van der Waals surface area contributed by atoms with Crippen molar-refractivity contribution in [3.8, 4) is 5.75 Å². The molecular weight excluding hydrogens is 344 g/mol. The van der Waals surface area contributed by atoms with Gasteiger partial charge < -0.3 is 19.7 Å². The van der Waals surface area contributed by atoms with Gasteiger partial charge >= 0.3 is 0 Å². The highest BCUT2D eigenvalue weighted by atomic mass is 16.5. The average molecular weight is 364 g/mol. The van der Waals surface area contributed by atoms with Crippen LogP contribution in [0, 0.1) is 6.92 Å². The summed E-state index contributed by atoms with van der Waals surface area (Å²) in [5.74, 6) is 0.371. The molecule has 2 heterocycles. The Balaban J connectivity index is 1.71. The molecule has 6 nitrogen and oxygen atoms in total. The number of hydrogen-bond donors (Lipinski definition) is 2. The van der Waals surface area contributed by atoms with E-state index in [0.29, 0.717) is 36.3 Å². The first-order valence-corrected chi connectivity index (χ1v) is 8.83. The third kappa shape index (κ3) is 3.19. The van der Waals surface area contributed by atoms with Crippen LogP contribution in [0.3, 0.4) is 0 Å². The van der Waals surface area contributed by atoms with Crippen molar-refractivity contribution in [2.45, 2.75) is 20.1 Å². The van der Waals surface area contributed by atoms with Gasteiger partial charge in [-0.15, -0.1) is 0 Å². The fourth-order valence-corrected chi connectivity index (χ4v) is 3.38. The van der Waals surface area contributed by atoms with Gasteiger partial charge in [0, 0.05) is 29.2 Å². The van der Waals surface area contributed by atoms with Crippen LogP contribution >= 0.6 is 0 Å². The van der Waals surface area contributed by atoms with Crippen LogP contribution in [-0.2, 0) is 13.2 Å². The molecule has 0 aliphatic carbocycles. The van der Waals surface area contributed by atoms with Gasteiger partial charge in [0.25, 0.3) is 5.91 Å². The molecule has 1 aromatic heterocycles. The molecular formula is C21H20N2O4. The zero-order valence-corrected chi connectivity index (χ0v) is 15.0. The van der Waals surface area contributed by atoms with Gasteiger partial charge in [-0.05, 0) is 36.8 Å². The Labute approximate surface area is 156 Å². The van der Waals surface area contributed by atoms with Crippen LogP contribution in [0.1, 0.15) is 27.0 Å². The van der Waals surface area contributed by atoms with Crippen molar-refractivity contribution in [3.63, 3.8) is 0 Å². The topological polar surface area (TPSA) is 82.6 Å². The Hall–Kier alpha value is -3.12. The largest absolute Gasteiger partial charge is 0.491 e. The number of amides is 1. The monoisotopic (exact) mass is 364 g/mol. The number of aromatic amines is 1. The number of carbonyl (C=O) groups is 1. The number of aliphatic hydroxyl groups is 1. The van der Waals surface area contributed by atoms with E-state index < -0.39 is 0 Å². The van der Waals surface area contributed by atoms with E-state index in [4.69, 9.17) is 4.74 Å². The number of benzene rings is 2. The van der Waals surface area contributed by atoms with Crippen molar-refractivity contribution >= 4 is 16.8 Å². The third-order valence-electron chi connectivity index (χ3n) is 4.84. The average Bonchev–Trinajstić information content (AvgIpc) is 2.90. The lowest BCUT2D eigenvalue weighted by Gasteiger charge is -2.20. The lowest BCUT2D eigenvalue weighted by molar-refractivity contribution is 0.0732. The van der Waals surface area contributed by atoms with Gasteiger partial charge in [0.15, 0.2) is 0 Å². The predicted octanol–water partition coefficient (Wildman–Crippen LogP) is 2.36.